The number of hydrogen-bond acceptors (Lipinski definition) is 5. The van der Waals surface area contributed by atoms with E-state index < -0.39 is 35.7 Å². The van der Waals surface area contributed by atoms with Crippen LogP contribution in [0.15, 0.2) is 54.6 Å². The maximum atomic E-state index is 13.1. The fraction of sp³-hybridized carbons (Fsp3) is 0.250. The first-order valence-electron chi connectivity index (χ1n) is 8.59. The van der Waals surface area contributed by atoms with Crippen molar-refractivity contribution in [1.29, 1.82) is 0 Å². The van der Waals surface area contributed by atoms with Gasteiger partial charge in [0.2, 0.25) is 0 Å². The molecule has 0 aliphatic heterocycles. The molecular weight excluding hydrogens is 367 g/mol. The number of amides is 2. The topological polar surface area (TPSA) is 93.7 Å². The minimum atomic E-state index is -1.13. The van der Waals surface area contributed by atoms with Crippen LogP contribution in [0.2, 0.25) is 0 Å². The molecule has 0 saturated heterocycles. The molecule has 2 amide bonds. The average Bonchev–Trinajstić information content (AvgIpc) is 2.67. The first kappa shape index (κ1) is 20.9. The highest BCUT2D eigenvalue weighted by Crippen LogP contribution is 2.10. The molecule has 0 aliphatic rings. The molecule has 7 nitrogen and oxygen atoms in total. The number of para-hydroxylation sites is 1. The van der Waals surface area contributed by atoms with Crippen LogP contribution in [-0.2, 0) is 19.1 Å². The Kier molecular flexibility index (Phi) is 7.50. The zero-order chi connectivity index (χ0) is 20.5. The number of rotatable bonds is 8. The Morgan fingerprint density at radius 2 is 1.75 bits per heavy atom. The SMILES string of the molecule is C[C@H](NC(=O)COc1ccccc1)C(=O)O[C@H](C)C(=O)Nc1cccc(F)c1. The lowest BCUT2D eigenvalue weighted by Crippen LogP contribution is -2.44. The summed E-state index contributed by atoms with van der Waals surface area (Å²) in [7, 11) is 0. The number of carbonyl (C=O) groups excluding carboxylic acids is 3. The standard InChI is InChI=1S/C20H21FN2O5/c1-13(22-18(24)12-27-17-9-4-3-5-10-17)20(26)28-14(2)19(25)23-16-8-6-7-15(21)11-16/h3-11,13-14H,12H2,1-2H3,(H,22,24)(H,23,25)/t13-,14+/m0/s1. The number of ether oxygens (including phenoxy) is 2. The largest absolute Gasteiger partial charge is 0.484 e. The van der Waals surface area contributed by atoms with Crippen molar-refractivity contribution in [3.05, 3.63) is 60.4 Å². The molecule has 0 saturated carbocycles. The Balaban J connectivity index is 1.77. The Labute approximate surface area is 161 Å². The van der Waals surface area contributed by atoms with Gasteiger partial charge in [0.1, 0.15) is 17.6 Å². The van der Waals surface area contributed by atoms with E-state index in [2.05, 4.69) is 10.6 Å². The molecule has 28 heavy (non-hydrogen) atoms. The summed E-state index contributed by atoms with van der Waals surface area (Å²) in [5.41, 5.74) is 0.243. The van der Waals surface area contributed by atoms with E-state index in [1.54, 1.807) is 24.3 Å². The summed E-state index contributed by atoms with van der Waals surface area (Å²) >= 11 is 0. The van der Waals surface area contributed by atoms with Gasteiger partial charge in [-0.15, -0.1) is 0 Å². The molecule has 2 aromatic carbocycles. The van der Waals surface area contributed by atoms with Gasteiger partial charge in [0, 0.05) is 5.69 Å². The van der Waals surface area contributed by atoms with Gasteiger partial charge in [-0.1, -0.05) is 24.3 Å². The summed E-state index contributed by atoms with van der Waals surface area (Å²) in [5.74, 6) is -1.89. The van der Waals surface area contributed by atoms with Crippen LogP contribution in [-0.4, -0.2) is 36.5 Å². The molecular formula is C20H21FN2O5. The maximum Gasteiger partial charge on any atom is 0.329 e. The number of halogens is 1. The van der Waals surface area contributed by atoms with Crippen LogP contribution in [0.25, 0.3) is 0 Å². The van der Waals surface area contributed by atoms with Crippen LogP contribution in [0, 0.1) is 5.82 Å². The molecule has 2 N–H and O–H groups in total. The van der Waals surface area contributed by atoms with E-state index in [0.29, 0.717) is 5.75 Å². The Bertz CT molecular complexity index is 828. The van der Waals surface area contributed by atoms with Crippen molar-refractivity contribution < 1.29 is 28.2 Å². The molecule has 0 bridgehead atoms. The predicted octanol–water partition coefficient (Wildman–Crippen LogP) is 2.28. The second-order valence-corrected chi connectivity index (χ2v) is 5.97. The molecule has 0 aliphatic carbocycles. The van der Waals surface area contributed by atoms with Gasteiger partial charge in [0.05, 0.1) is 0 Å². The normalized spacial score (nSPS) is 12.4. The van der Waals surface area contributed by atoms with Crippen LogP contribution in [0.4, 0.5) is 10.1 Å². The van der Waals surface area contributed by atoms with Crippen molar-refractivity contribution >= 4 is 23.5 Å². The van der Waals surface area contributed by atoms with Gasteiger partial charge in [-0.3, -0.25) is 9.59 Å². The van der Waals surface area contributed by atoms with E-state index >= 15 is 0 Å². The summed E-state index contributed by atoms with van der Waals surface area (Å²) < 4.78 is 23.5. The number of nitrogens with one attached hydrogen (secondary N) is 2. The Hall–Kier alpha value is -3.42. The van der Waals surface area contributed by atoms with E-state index in [4.69, 9.17) is 9.47 Å². The quantitative estimate of drug-likeness (QED) is 0.677. The lowest BCUT2D eigenvalue weighted by Gasteiger charge is -2.17. The summed E-state index contributed by atoms with van der Waals surface area (Å²) in [6.07, 6.45) is -1.13. The number of esters is 1. The van der Waals surface area contributed by atoms with Gasteiger partial charge < -0.3 is 20.1 Å². The summed E-state index contributed by atoms with van der Waals surface area (Å²) in [6, 6.07) is 13.1. The third-order valence-corrected chi connectivity index (χ3v) is 3.60. The van der Waals surface area contributed by atoms with E-state index in [1.807, 2.05) is 6.07 Å². The van der Waals surface area contributed by atoms with Gasteiger partial charge in [-0.2, -0.15) is 0 Å². The molecule has 2 atom stereocenters. The molecule has 0 aromatic heterocycles. The molecule has 148 valence electrons. The molecule has 2 aromatic rings. The van der Waals surface area contributed by atoms with Gasteiger partial charge in [0.25, 0.3) is 11.8 Å². The lowest BCUT2D eigenvalue weighted by molar-refractivity contribution is -0.155. The first-order chi connectivity index (χ1) is 13.3. The predicted molar refractivity (Wildman–Crippen MR) is 100 cm³/mol. The van der Waals surface area contributed by atoms with Gasteiger partial charge in [0.15, 0.2) is 12.7 Å². The monoisotopic (exact) mass is 388 g/mol. The molecule has 0 heterocycles. The molecule has 0 spiro atoms. The van der Waals surface area contributed by atoms with Gasteiger partial charge in [-0.05, 0) is 44.2 Å². The fourth-order valence-corrected chi connectivity index (χ4v) is 2.15. The second kappa shape index (κ2) is 10.1. The Morgan fingerprint density at radius 3 is 2.43 bits per heavy atom. The lowest BCUT2D eigenvalue weighted by atomic mass is 10.3. The highest BCUT2D eigenvalue weighted by molar-refractivity contribution is 5.95. The third-order valence-electron chi connectivity index (χ3n) is 3.60. The molecule has 0 radical (unpaired) electrons. The van der Waals surface area contributed by atoms with Crippen molar-refractivity contribution in [3.8, 4) is 5.75 Å². The Morgan fingerprint density at radius 1 is 1.04 bits per heavy atom. The fourth-order valence-electron chi connectivity index (χ4n) is 2.15. The highest BCUT2D eigenvalue weighted by Gasteiger charge is 2.23. The van der Waals surface area contributed by atoms with Crippen molar-refractivity contribution in [3.63, 3.8) is 0 Å². The van der Waals surface area contributed by atoms with Crippen molar-refractivity contribution in [2.24, 2.45) is 0 Å². The molecule has 2 rings (SSSR count). The van der Waals surface area contributed by atoms with Crippen LogP contribution in [0.1, 0.15) is 13.8 Å². The number of hydrogen-bond donors (Lipinski definition) is 2. The van der Waals surface area contributed by atoms with Crippen LogP contribution in [0.3, 0.4) is 0 Å². The third kappa shape index (κ3) is 6.71. The second-order valence-electron chi connectivity index (χ2n) is 5.97. The van der Waals surface area contributed by atoms with E-state index in [1.165, 1.54) is 32.0 Å². The van der Waals surface area contributed by atoms with Gasteiger partial charge in [-0.25, -0.2) is 9.18 Å². The van der Waals surface area contributed by atoms with Crippen molar-refractivity contribution in [2.45, 2.75) is 26.0 Å². The molecule has 8 heteroatoms. The first-order valence-corrected chi connectivity index (χ1v) is 8.59. The number of benzene rings is 2. The van der Waals surface area contributed by atoms with E-state index in [9.17, 15) is 18.8 Å². The van der Waals surface area contributed by atoms with Crippen LogP contribution >= 0.6 is 0 Å². The number of anilines is 1. The van der Waals surface area contributed by atoms with Crippen molar-refractivity contribution in [1.82, 2.24) is 5.32 Å². The smallest absolute Gasteiger partial charge is 0.329 e. The zero-order valence-corrected chi connectivity index (χ0v) is 15.5. The van der Waals surface area contributed by atoms with E-state index in [-0.39, 0.29) is 12.3 Å². The highest BCUT2D eigenvalue weighted by atomic mass is 19.1. The molecule has 0 unspecified atom stereocenters. The van der Waals surface area contributed by atoms with Crippen LogP contribution in [0.5, 0.6) is 5.75 Å². The maximum absolute atomic E-state index is 13.1. The minimum Gasteiger partial charge on any atom is -0.484 e. The zero-order valence-electron chi connectivity index (χ0n) is 15.5. The number of carbonyl (C=O) groups is 3. The average molecular weight is 388 g/mol. The van der Waals surface area contributed by atoms with Crippen LogP contribution < -0.4 is 15.4 Å². The van der Waals surface area contributed by atoms with E-state index in [0.717, 1.165) is 6.07 Å². The van der Waals surface area contributed by atoms with Gasteiger partial charge >= 0.3 is 5.97 Å². The molecule has 0 fully saturated rings. The summed E-state index contributed by atoms with van der Waals surface area (Å²) in [4.78, 5) is 36.0. The minimum absolute atomic E-state index is 0.243. The van der Waals surface area contributed by atoms with Crippen molar-refractivity contribution in [2.75, 3.05) is 11.9 Å². The summed E-state index contributed by atoms with van der Waals surface area (Å²) in [6.45, 7) is 2.54. The summed E-state index contributed by atoms with van der Waals surface area (Å²) in [5, 5.41) is 4.87.